The van der Waals surface area contributed by atoms with Crippen LogP contribution in [-0.4, -0.2) is 0 Å². The predicted molar refractivity (Wildman–Crippen MR) is 129 cm³/mol. The van der Waals surface area contributed by atoms with E-state index in [0.717, 1.165) is 29.6 Å². The summed E-state index contributed by atoms with van der Waals surface area (Å²) in [6.45, 7) is 4.60. The highest BCUT2D eigenvalue weighted by molar-refractivity contribution is 5.04. The summed E-state index contributed by atoms with van der Waals surface area (Å²) < 4.78 is 0. The zero-order valence-corrected chi connectivity index (χ0v) is 20.5. The second-order valence-corrected chi connectivity index (χ2v) is 11.7. The van der Waals surface area contributed by atoms with E-state index < -0.39 is 0 Å². The van der Waals surface area contributed by atoms with Gasteiger partial charge >= 0.3 is 0 Å². The highest BCUT2D eigenvalue weighted by Crippen LogP contribution is 2.53. The summed E-state index contributed by atoms with van der Waals surface area (Å²) in [5.41, 5.74) is 0.0393. The quantitative estimate of drug-likeness (QED) is 0.309. The van der Waals surface area contributed by atoms with Gasteiger partial charge in [-0.25, -0.2) is 0 Å². The zero-order chi connectivity index (χ0) is 21.2. The SMILES string of the molecule is CCCCCCC1CCC(C2CCC3CC(C#N)(CCCCCC)CCC3C2)CC1. The van der Waals surface area contributed by atoms with Crippen LogP contribution in [0.3, 0.4) is 0 Å². The van der Waals surface area contributed by atoms with E-state index in [9.17, 15) is 5.26 Å². The van der Waals surface area contributed by atoms with Crippen LogP contribution in [0.5, 0.6) is 0 Å². The molecule has 4 atom stereocenters. The molecule has 0 aliphatic heterocycles. The first-order chi connectivity index (χ1) is 14.7. The molecule has 0 spiro atoms. The Kier molecular flexibility index (Phi) is 10.1. The Hall–Kier alpha value is -0.510. The Balaban J connectivity index is 1.39. The second-order valence-electron chi connectivity index (χ2n) is 11.7. The van der Waals surface area contributed by atoms with Gasteiger partial charge in [-0.1, -0.05) is 84.5 Å². The van der Waals surface area contributed by atoms with E-state index in [-0.39, 0.29) is 5.41 Å². The Morgan fingerprint density at radius 2 is 1.33 bits per heavy atom. The molecule has 3 aliphatic carbocycles. The van der Waals surface area contributed by atoms with Crippen LogP contribution in [0.25, 0.3) is 0 Å². The fraction of sp³-hybridized carbons (Fsp3) is 0.966. The van der Waals surface area contributed by atoms with Crippen LogP contribution >= 0.6 is 0 Å². The van der Waals surface area contributed by atoms with Crippen LogP contribution in [0, 0.1) is 46.3 Å². The lowest BCUT2D eigenvalue weighted by atomic mass is 9.57. The first-order valence-corrected chi connectivity index (χ1v) is 14.1. The highest BCUT2D eigenvalue weighted by atomic mass is 14.5. The number of nitriles is 1. The summed E-state index contributed by atoms with van der Waals surface area (Å²) >= 11 is 0. The van der Waals surface area contributed by atoms with Crippen LogP contribution in [0.2, 0.25) is 0 Å². The molecule has 3 aliphatic rings. The fourth-order valence-corrected chi connectivity index (χ4v) is 7.56. The van der Waals surface area contributed by atoms with Crippen LogP contribution in [0.15, 0.2) is 0 Å². The maximum absolute atomic E-state index is 10.0. The molecule has 3 saturated carbocycles. The lowest BCUT2D eigenvalue weighted by molar-refractivity contribution is 0.0377. The topological polar surface area (TPSA) is 23.8 Å². The molecule has 0 N–H and O–H groups in total. The molecule has 0 aromatic heterocycles. The third-order valence-corrected chi connectivity index (χ3v) is 9.60. The van der Waals surface area contributed by atoms with Crippen molar-refractivity contribution in [1.82, 2.24) is 0 Å². The Labute approximate surface area is 188 Å². The van der Waals surface area contributed by atoms with Gasteiger partial charge in [-0.15, -0.1) is 0 Å². The standard InChI is InChI=1S/C29H51N/c1-3-5-7-9-11-24-12-14-25(15-13-24)26-16-17-28-22-29(23-30,19-10-8-6-4-2)20-18-27(28)21-26/h24-28H,3-22H2,1-2H3. The van der Waals surface area contributed by atoms with Crippen molar-refractivity contribution in [3.05, 3.63) is 0 Å². The molecule has 0 heterocycles. The number of hydrogen-bond acceptors (Lipinski definition) is 1. The van der Waals surface area contributed by atoms with Crippen molar-refractivity contribution in [1.29, 1.82) is 5.26 Å². The molecule has 0 aromatic rings. The van der Waals surface area contributed by atoms with Crippen molar-refractivity contribution in [2.24, 2.45) is 35.0 Å². The summed E-state index contributed by atoms with van der Waals surface area (Å²) in [6, 6.07) is 2.83. The number of fused-ring (bicyclic) bond motifs is 1. The first kappa shape index (κ1) is 24.1. The molecular formula is C29H51N. The largest absolute Gasteiger partial charge is 0.198 e. The van der Waals surface area contributed by atoms with E-state index in [0.29, 0.717) is 0 Å². The molecule has 0 radical (unpaired) electrons. The van der Waals surface area contributed by atoms with Gasteiger partial charge in [0.25, 0.3) is 0 Å². The average molecular weight is 414 g/mol. The van der Waals surface area contributed by atoms with E-state index in [1.54, 1.807) is 0 Å². The van der Waals surface area contributed by atoms with Gasteiger partial charge in [0, 0.05) is 0 Å². The minimum Gasteiger partial charge on any atom is -0.198 e. The van der Waals surface area contributed by atoms with Crippen molar-refractivity contribution in [2.75, 3.05) is 0 Å². The molecule has 4 unspecified atom stereocenters. The molecular weight excluding hydrogens is 362 g/mol. The molecule has 3 fully saturated rings. The van der Waals surface area contributed by atoms with Crippen LogP contribution in [0.4, 0.5) is 0 Å². The summed E-state index contributed by atoms with van der Waals surface area (Å²) in [6.07, 6.45) is 28.0. The summed E-state index contributed by atoms with van der Waals surface area (Å²) in [5, 5.41) is 10.0. The third-order valence-electron chi connectivity index (χ3n) is 9.60. The van der Waals surface area contributed by atoms with Crippen molar-refractivity contribution in [3.8, 4) is 6.07 Å². The van der Waals surface area contributed by atoms with Crippen LogP contribution in [-0.2, 0) is 0 Å². The van der Waals surface area contributed by atoms with Crippen LogP contribution < -0.4 is 0 Å². The highest BCUT2D eigenvalue weighted by Gasteiger charge is 2.44. The molecule has 0 bridgehead atoms. The molecule has 0 amide bonds. The Morgan fingerprint density at radius 3 is 2.03 bits per heavy atom. The lowest BCUT2D eigenvalue weighted by Gasteiger charge is -2.47. The average Bonchev–Trinajstić information content (AvgIpc) is 2.80. The summed E-state index contributed by atoms with van der Waals surface area (Å²) in [5.74, 6) is 4.93. The van der Waals surface area contributed by atoms with Gasteiger partial charge in [0.15, 0.2) is 0 Å². The molecule has 0 saturated heterocycles. The minimum absolute atomic E-state index is 0.0393. The summed E-state index contributed by atoms with van der Waals surface area (Å²) in [4.78, 5) is 0. The number of nitrogens with zero attached hydrogens (tertiary/aromatic N) is 1. The van der Waals surface area contributed by atoms with Gasteiger partial charge < -0.3 is 0 Å². The fourth-order valence-electron chi connectivity index (χ4n) is 7.56. The smallest absolute Gasteiger partial charge is 0.0689 e. The maximum Gasteiger partial charge on any atom is 0.0689 e. The number of unbranched alkanes of at least 4 members (excludes halogenated alkanes) is 6. The van der Waals surface area contributed by atoms with Crippen molar-refractivity contribution in [2.45, 2.75) is 142 Å². The third kappa shape index (κ3) is 6.74. The van der Waals surface area contributed by atoms with Gasteiger partial charge in [-0.2, -0.15) is 5.26 Å². The van der Waals surface area contributed by atoms with Crippen molar-refractivity contribution in [3.63, 3.8) is 0 Å². The second kappa shape index (κ2) is 12.5. The van der Waals surface area contributed by atoms with E-state index in [2.05, 4.69) is 19.9 Å². The summed E-state index contributed by atoms with van der Waals surface area (Å²) in [7, 11) is 0. The number of rotatable bonds is 11. The van der Waals surface area contributed by atoms with E-state index in [4.69, 9.17) is 0 Å². The van der Waals surface area contributed by atoms with Gasteiger partial charge in [-0.3, -0.25) is 0 Å². The minimum atomic E-state index is 0.0393. The normalized spacial score (nSPS) is 36.8. The number of hydrogen-bond donors (Lipinski definition) is 0. The molecule has 1 nitrogen and oxygen atoms in total. The van der Waals surface area contributed by atoms with Crippen molar-refractivity contribution < 1.29 is 0 Å². The molecule has 30 heavy (non-hydrogen) atoms. The Bertz CT molecular complexity index is 511. The van der Waals surface area contributed by atoms with Gasteiger partial charge in [-0.05, 0) is 87.4 Å². The van der Waals surface area contributed by atoms with Gasteiger partial charge in [0.05, 0.1) is 11.5 Å². The Morgan fingerprint density at radius 1 is 0.700 bits per heavy atom. The molecule has 3 rings (SSSR count). The first-order valence-electron chi connectivity index (χ1n) is 14.1. The van der Waals surface area contributed by atoms with Gasteiger partial charge in [0.2, 0.25) is 0 Å². The molecule has 172 valence electrons. The van der Waals surface area contributed by atoms with Gasteiger partial charge in [0.1, 0.15) is 0 Å². The van der Waals surface area contributed by atoms with Crippen molar-refractivity contribution >= 4 is 0 Å². The monoisotopic (exact) mass is 413 g/mol. The predicted octanol–water partition coefficient (Wildman–Crippen LogP) is 9.46. The molecule has 0 aromatic carbocycles. The zero-order valence-electron chi connectivity index (χ0n) is 20.5. The van der Waals surface area contributed by atoms with Crippen LogP contribution in [0.1, 0.15) is 142 Å². The van der Waals surface area contributed by atoms with E-state index in [1.165, 1.54) is 128 Å². The van der Waals surface area contributed by atoms with E-state index >= 15 is 0 Å². The molecule has 1 heteroatoms. The maximum atomic E-state index is 10.0. The lowest BCUT2D eigenvalue weighted by Crippen LogP contribution is -2.38. The van der Waals surface area contributed by atoms with E-state index in [1.807, 2.05) is 0 Å².